The van der Waals surface area contributed by atoms with Gasteiger partial charge in [0.05, 0.1) is 0 Å². The second kappa shape index (κ2) is 40.5. The van der Waals surface area contributed by atoms with Crippen molar-refractivity contribution in [3.8, 4) is 0 Å². The standard InChI is InChI=1S/C2H8N2.3ClH.Fe/c3-1-2-4;;;;/h1-4H2;3*1H;/q;;;;+3/p-3. The summed E-state index contributed by atoms with van der Waals surface area (Å²) in [5.74, 6) is 0. The minimum absolute atomic E-state index is 0. The van der Waals surface area contributed by atoms with Crippen LogP contribution in [0.2, 0.25) is 0 Å². The first-order valence-corrected chi connectivity index (χ1v) is 1.32. The van der Waals surface area contributed by atoms with E-state index in [0.29, 0.717) is 13.1 Å². The molecule has 0 rings (SSSR count). The van der Waals surface area contributed by atoms with Gasteiger partial charge in [-0.3, -0.25) is 0 Å². The third-order valence-corrected chi connectivity index (χ3v) is 0.167. The van der Waals surface area contributed by atoms with Crippen molar-refractivity contribution in [2.45, 2.75) is 0 Å². The van der Waals surface area contributed by atoms with E-state index in [2.05, 4.69) is 0 Å². The van der Waals surface area contributed by atoms with Crippen LogP contribution in [-0.4, -0.2) is 13.1 Å². The van der Waals surface area contributed by atoms with Crippen molar-refractivity contribution in [1.82, 2.24) is 0 Å². The number of rotatable bonds is 1. The molecule has 0 aliphatic rings. The fourth-order valence-electron chi connectivity index (χ4n) is 0. The Morgan fingerprint density at radius 1 is 0.750 bits per heavy atom. The molecule has 0 aromatic carbocycles. The van der Waals surface area contributed by atoms with E-state index in [1.807, 2.05) is 0 Å². The molecule has 0 aromatic rings. The van der Waals surface area contributed by atoms with Crippen LogP contribution in [0.3, 0.4) is 0 Å². The van der Waals surface area contributed by atoms with Gasteiger partial charge in [-0.15, -0.1) is 0 Å². The van der Waals surface area contributed by atoms with Gasteiger partial charge in [-0.2, -0.15) is 0 Å². The van der Waals surface area contributed by atoms with Crippen LogP contribution in [0.5, 0.6) is 0 Å². The molecule has 0 spiro atoms. The SMILES string of the molecule is NCCN.[Cl-].[Cl-].[Cl-].[Fe+3]. The van der Waals surface area contributed by atoms with Crippen LogP contribution in [0.25, 0.3) is 0 Å². The fourth-order valence-corrected chi connectivity index (χ4v) is 0. The van der Waals surface area contributed by atoms with Crippen molar-refractivity contribution in [1.29, 1.82) is 0 Å². The second-order valence-electron chi connectivity index (χ2n) is 0.577. The zero-order valence-electron chi connectivity index (χ0n) is 4.06. The van der Waals surface area contributed by atoms with Gasteiger partial charge in [0.1, 0.15) is 0 Å². The van der Waals surface area contributed by atoms with E-state index >= 15 is 0 Å². The van der Waals surface area contributed by atoms with Crippen molar-refractivity contribution in [3.05, 3.63) is 0 Å². The van der Waals surface area contributed by atoms with Gasteiger partial charge in [0.2, 0.25) is 0 Å². The van der Waals surface area contributed by atoms with Crippen LogP contribution in [-0.2, 0) is 17.1 Å². The molecule has 55 valence electrons. The molecule has 0 saturated carbocycles. The molecule has 1 radical (unpaired) electrons. The maximum absolute atomic E-state index is 4.90. The van der Waals surface area contributed by atoms with Crippen LogP contribution in [0.1, 0.15) is 0 Å². The monoisotopic (exact) mass is 221 g/mol. The molecule has 0 heterocycles. The summed E-state index contributed by atoms with van der Waals surface area (Å²) in [6, 6.07) is 0. The molecule has 4 N–H and O–H groups in total. The first-order chi connectivity index (χ1) is 1.91. The zero-order chi connectivity index (χ0) is 3.41. The molecule has 0 aliphatic carbocycles. The Bertz CT molecular complexity index is 17.2. The number of hydrogen-bond donors (Lipinski definition) is 2. The summed E-state index contributed by atoms with van der Waals surface area (Å²) in [6.45, 7) is 1.19. The molecule has 6 heteroatoms. The number of hydrogen-bond acceptors (Lipinski definition) is 2. The quantitative estimate of drug-likeness (QED) is 0.433. The van der Waals surface area contributed by atoms with E-state index in [0.717, 1.165) is 0 Å². The Balaban J connectivity index is -0.00000000750. The van der Waals surface area contributed by atoms with Crippen molar-refractivity contribution in [2.75, 3.05) is 13.1 Å². The van der Waals surface area contributed by atoms with Crippen molar-refractivity contribution in [3.63, 3.8) is 0 Å². The molecular weight excluding hydrogens is 214 g/mol. The Labute approximate surface area is 78.8 Å². The Morgan fingerprint density at radius 3 is 0.875 bits per heavy atom. The van der Waals surface area contributed by atoms with Gasteiger partial charge < -0.3 is 48.7 Å². The van der Waals surface area contributed by atoms with Crippen molar-refractivity contribution < 1.29 is 54.3 Å². The zero-order valence-corrected chi connectivity index (χ0v) is 7.43. The van der Waals surface area contributed by atoms with Crippen LogP contribution >= 0.6 is 0 Å². The maximum Gasteiger partial charge on any atom is 3.00 e. The van der Waals surface area contributed by atoms with Crippen molar-refractivity contribution >= 4 is 0 Å². The predicted octanol–water partition coefficient (Wildman–Crippen LogP) is -10.1. The van der Waals surface area contributed by atoms with E-state index in [1.54, 1.807) is 0 Å². The van der Waals surface area contributed by atoms with E-state index in [4.69, 9.17) is 11.5 Å². The van der Waals surface area contributed by atoms with Gasteiger partial charge in [-0.1, -0.05) is 0 Å². The van der Waals surface area contributed by atoms with Crippen LogP contribution in [0, 0.1) is 0 Å². The first kappa shape index (κ1) is 34.6. The fraction of sp³-hybridized carbons (Fsp3) is 1.00. The molecule has 0 unspecified atom stereocenters. The summed E-state index contributed by atoms with van der Waals surface area (Å²) < 4.78 is 0. The molecule has 0 aliphatic heterocycles. The first-order valence-electron chi connectivity index (χ1n) is 1.32. The largest absolute Gasteiger partial charge is 3.00 e. The molecule has 8 heavy (non-hydrogen) atoms. The molecular formula is C2H8Cl3FeN2. The average molecular weight is 222 g/mol. The van der Waals surface area contributed by atoms with E-state index in [9.17, 15) is 0 Å². The van der Waals surface area contributed by atoms with Gasteiger partial charge in [0, 0.05) is 13.1 Å². The minimum Gasteiger partial charge on any atom is -1.00 e. The average Bonchev–Trinajstić information content (AvgIpc) is 1.37. The summed E-state index contributed by atoms with van der Waals surface area (Å²) >= 11 is 0. The molecule has 0 amide bonds. The maximum atomic E-state index is 4.90. The Kier molecular flexibility index (Phi) is 175. The molecule has 0 bridgehead atoms. The third-order valence-electron chi connectivity index (χ3n) is 0.167. The van der Waals surface area contributed by atoms with E-state index in [-0.39, 0.29) is 54.3 Å². The number of nitrogens with two attached hydrogens (primary N) is 2. The molecule has 0 aromatic heterocycles. The van der Waals surface area contributed by atoms with E-state index in [1.165, 1.54) is 0 Å². The Morgan fingerprint density at radius 2 is 0.875 bits per heavy atom. The van der Waals surface area contributed by atoms with Gasteiger partial charge in [0.25, 0.3) is 0 Å². The third kappa shape index (κ3) is 54.6. The van der Waals surface area contributed by atoms with Gasteiger partial charge in [-0.05, 0) is 0 Å². The summed E-state index contributed by atoms with van der Waals surface area (Å²) in [7, 11) is 0. The van der Waals surface area contributed by atoms with Gasteiger partial charge in [0.15, 0.2) is 0 Å². The summed E-state index contributed by atoms with van der Waals surface area (Å²) in [6.07, 6.45) is 0. The van der Waals surface area contributed by atoms with Crippen LogP contribution in [0.15, 0.2) is 0 Å². The Hall–Kier alpha value is 1.31. The van der Waals surface area contributed by atoms with Gasteiger partial charge >= 0.3 is 17.1 Å². The van der Waals surface area contributed by atoms with E-state index < -0.39 is 0 Å². The molecule has 0 atom stereocenters. The molecule has 2 nitrogen and oxygen atoms in total. The molecule has 0 saturated heterocycles. The van der Waals surface area contributed by atoms with Gasteiger partial charge in [-0.25, -0.2) is 0 Å². The minimum atomic E-state index is 0. The summed E-state index contributed by atoms with van der Waals surface area (Å²) in [5.41, 5.74) is 9.81. The normalized spacial score (nSPS) is 3.75. The summed E-state index contributed by atoms with van der Waals surface area (Å²) in [5, 5.41) is 0. The molecule has 0 fully saturated rings. The number of halogens is 3. The predicted molar refractivity (Wildman–Crippen MR) is 18.1 cm³/mol. The second-order valence-corrected chi connectivity index (χ2v) is 0.577. The van der Waals surface area contributed by atoms with Crippen molar-refractivity contribution in [2.24, 2.45) is 11.5 Å². The van der Waals surface area contributed by atoms with Crippen LogP contribution in [0.4, 0.5) is 0 Å². The summed E-state index contributed by atoms with van der Waals surface area (Å²) in [4.78, 5) is 0. The van der Waals surface area contributed by atoms with Crippen LogP contribution < -0.4 is 48.7 Å². The topological polar surface area (TPSA) is 52.0 Å². The smallest absolute Gasteiger partial charge is 1.00 e.